The molecule has 3 nitrogen and oxygen atoms in total. The van der Waals surface area contributed by atoms with E-state index in [-0.39, 0.29) is 0 Å². The molecule has 0 atom stereocenters. The zero-order valence-corrected chi connectivity index (χ0v) is 14.0. The molecule has 0 aliphatic carbocycles. The van der Waals surface area contributed by atoms with E-state index in [9.17, 15) is 0 Å². The van der Waals surface area contributed by atoms with Crippen molar-refractivity contribution in [1.82, 2.24) is 0 Å². The lowest BCUT2D eigenvalue weighted by Gasteiger charge is -2.26. The van der Waals surface area contributed by atoms with E-state index >= 15 is 0 Å². The smallest absolute Gasteiger partial charge is 0.377 e. The Labute approximate surface area is 115 Å². The van der Waals surface area contributed by atoms with Crippen molar-refractivity contribution in [3.63, 3.8) is 0 Å². The fraction of sp³-hybridized carbons (Fsp3) is 1.00. The van der Waals surface area contributed by atoms with Gasteiger partial charge in [-0.15, -0.1) is 0 Å². The average molecular weight is 276 g/mol. The van der Waals surface area contributed by atoms with Gasteiger partial charge < -0.3 is 13.3 Å². The van der Waals surface area contributed by atoms with Gasteiger partial charge in [-0.05, 0) is 18.8 Å². The Morgan fingerprint density at radius 2 is 1.61 bits per heavy atom. The van der Waals surface area contributed by atoms with Crippen LogP contribution in [0.3, 0.4) is 0 Å². The summed E-state index contributed by atoms with van der Waals surface area (Å²) in [6, 6.07) is 0.946. The molecule has 0 aliphatic heterocycles. The van der Waals surface area contributed by atoms with Crippen LogP contribution in [0.4, 0.5) is 0 Å². The van der Waals surface area contributed by atoms with Crippen molar-refractivity contribution in [2.75, 3.05) is 20.8 Å². The maximum absolute atomic E-state index is 5.89. The second-order valence-electron chi connectivity index (χ2n) is 5.29. The molecular weight excluding hydrogens is 244 g/mol. The molecule has 0 aromatic heterocycles. The van der Waals surface area contributed by atoms with Crippen molar-refractivity contribution in [2.24, 2.45) is 5.92 Å². The van der Waals surface area contributed by atoms with E-state index in [1.807, 2.05) is 0 Å². The lowest BCUT2D eigenvalue weighted by molar-refractivity contribution is 0.0961. The van der Waals surface area contributed by atoms with Crippen molar-refractivity contribution in [3.8, 4) is 0 Å². The maximum Gasteiger partial charge on any atom is 0.500 e. The molecule has 0 fully saturated rings. The minimum atomic E-state index is -2.36. The van der Waals surface area contributed by atoms with Crippen LogP contribution in [0.15, 0.2) is 0 Å². The largest absolute Gasteiger partial charge is 0.500 e. The minimum absolute atomic E-state index is 0.760. The van der Waals surface area contributed by atoms with Gasteiger partial charge in [-0.2, -0.15) is 0 Å². The van der Waals surface area contributed by atoms with Gasteiger partial charge in [0.15, 0.2) is 0 Å². The Morgan fingerprint density at radius 3 is 2.11 bits per heavy atom. The third kappa shape index (κ3) is 8.24. The van der Waals surface area contributed by atoms with Crippen molar-refractivity contribution in [2.45, 2.75) is 65.3 Å². The van der Waals surface area contributed by atoms with Gasteiger partial charge in [0.05, 0.1) is 0 Å². The molecule has 0 radical (unpaired) electrons. The predicted molar refractivity (Wildman–Crippen MR) is 78.7 cm³/mol. The Kier molecular flexibility index (Phi) is 11.0. The third-order valence-corrected chi connectivity index (χ3v) is 6.06. The standard InChI is InChI=1S/C14H32O3Si/c1-6-7-12-17-18(15-4,16-5)13-10-8-9-11-14(2)3/h14H,6-13H2,1-5H3. The molecule has 0 aromatic rings. The lowest BCUT2D eigenvalue weighted by Crippen LogP contribution is -2.44. The van der Waals surface area contributed by atoms with Crippen LogP contribution in [0, 0.1) is 5.92 Å². The first-order valence-electron chi connectivity index (χ1n) is 7.34. The molecule has 0 spiro atoms. The van der Waals surface area contributed by atoms with Gasteiger partial charge in [-0.3, -0.25) is 0 Å². The summed E-state index contributed by atoms with van der Waals surface area (Å²) in [6.07, 6.45) is 7.22. The summed E-state index contributed by atoms with van der Waals surface area (Å²) in [4.78, 5) is 0. The van der Waals surface area contributed by atoms with Crippen molar-refractivity contribution < 1.29 is 13.3 Å². The zero-order chi connectivity index (χ0) is 13.9. The lowest BCUT2D eigenvalue weighted by atomic mass is 10.1. The van der Waals surface area contributed by atoms with Gasteiger partial charge in [0.1, 0.15) is 0 Å². The highest BCUT2D eigenvalue weighted by molar-refractivity contribution is 6.60. The fourth-order valence-electron chi connectivity index (χ4n) is 1.92. The summed E-state index contributed by atoms with van der Waals surface area (Å²) >= 11 is 0. The zero-order valence-electron chi connectivity index (χ0n) is 13.0. The Hall–Kier alpha value is 0.0969. The van der Waals surface area contributed by atoms with Gasteiger partial charge in [-0.1, -0.05) is 46.5 Å². The van der Waals surface area contributed by atoms with E-state index in [1.54, 1.807) is 14.2 Å². The molecule has 0 unspecified atom stereocenters. The molecule has 0 amide bonds. The molecule has 0 rings (SSSR count). The van der Waals surface area contributed by atoms with Crippen molar-refractivity contribution in [3.05, 3.63) is 0 Å². The molecule has 0 aliphatic rings. The van der Waals surface area contributed by atoms with Crippen LogP contribution in [0.2, 0.25) is 6.04 Å². The van der Waals surface area contributed by atoms with E-state index in [0.717, 1.165) is 37.8 Å². The van der Waals surface area contributed by atoms with E-state index in [0.29, 0.717) is 0 Å². The minimum Gasteiger partial charge on any atom is -0.377 e. The molecule has 0 saturated heterocycles. The average Bonchev–Trinajstić information content (AvgIpc) is 2.36. The molecular formula is C14H32O3Si. The monoisotopic (exact) mass is 276 g/mol. The number of hydrogen-bond acceptors (Lipinski definition) is 3. The van der Waals surface area contributed by atoms with Gasteiger partial charge >= 0.3 is 8.80 Å². The molecule has 0 N–H and O–H groups in total. The first kappa shape index (κ1) is 18.1. The van der Waals surface area contributed by atoms with Gasteiger partial charge in [-0.25, -0.2) is 0 Å². The van der Waals surface area contributed by atoms with Gasteiger partial charge in [0.2, 0.25) is 0 Å². The molecule has 0 saturated carbocycles. The molecule has 4 heteroatoms. The summed E-state index contributed by atoms with van der Waals surface area (Å²) < 4.78 is 17.0. The van der Waals surface area contributed by atoms with Crippen molar-refractivity contribution in [1.29, 1.82) is 0 Å². The highest BCUT2D eigenvalue weighted by Gasteiger charge is 2.37. The summed E-state index contributed by atoms with van der Waals surface area (Å²) in [7, 11) is 1.08. The summed E-state index contributed by atoms with van der Waals surface area (Å²) in [5.74, 6) is 0.803. The van der Waals surface area contributed by atoms with E-state index in [1.165, 1.54) is 19.3 Å². The van der Waals surface area contributed by atoms with Crippen LogP contribution in [-0.2, 0) is 13.3 Å². The Balaban J connectivity index is 3.86. The quantitative estimate of drug-likeness (QED) is 0.394. The molecule has 110 valence electrons. The van der Waals surface area contributed by atoms with Crippen molar-refractivity contribution >= 4 is 8.80 Å². The SMILES string of the molecule is CCCCO[Si](CCCCCC(C)C)(OC)OC. The summed E-state index contributed by atoms with van der Waals surface area (Å²) in [5, 5.41) is 0. The topological polar surface area (TPSA) is 27.7 Å². The highest BCUT2D eigenvalue weighted by atomic mass is 28.4. The van der Waals surface area contributed by atoms with E-state index in [2.05, 4.69) is 20.8 Å². The second kappa shape index (κ2) is 11.0. The highest BCUT2D eigenvalue weighted by Crippen LogP contribution is 2.19. The van der Waals surface area contributed by atoms with Crippen LogP contribution < -0.4 is 0 Å². The second-order valence-corrected chi connectivity index (χ2v) is 8.26. The number of hydrogen-bond donors (Lipinski definition) is 0. The first-order valence-corrected chi connectivity index (χ1v) is 9.27. The van der Waals surface area contributed by atoms with Crippen LogP contribution >= 0.6 is 0 Å². The van der Waals surface area contributed by atoms with Gasteiger partial charge in [0, 0.05) is 26.9 Å². The maximum atomic E-state index is 5.89. The fourth-order valence-corrected chi connectivity index (χ4v) is 4.01. The normalized spacial score (nSPS) is 12.3. The van der Waals surface area contributed by atoms with Gasteiger partial charge in [0.25, 0.3) is 0 Å². The third-order valence-electron chi connectivity index (χ3n) is 3.21. The number of unbranched alkanes of at least 4 members (excludes halogenated alkanes) is 3. The number of rotatable bonds is 12. The summed E-state index contributed by atoms with van der Waals surface area (Å²) in [6.45, 7) is 7.48. The Morgan fingerprint density at radius 1 is 0.944 bits per heavy atom. The van der Waals surface area contributed by atoms with E-state index in [4.69, 9.17) is 13.3 Å². The molecule has 0 aromatic carbocycles. The first-order chi connectivity index (χ1) is 8.60. The van der Waals surface area contributed by atoms with E-state index < -0.39 is 8.80 Å². The van der Waals surface area contributed by atoms with Crippen LogP contribution in [0.25, 0.3) is 0 Å². The molecule has 0 heterocycles. The molecule has 0 bridgehead atoms. The molecule has 18 heavy (non-hydrogen) atoms. The van der Waals surface area contributed by atoms with Crippen LogP contribution in [0.5, 0.6) is 0 Å². The Bertz CT molecular complexity index is 182. The summed E-state index contributed by atoms with van der Waals surface area (Å²) in [5.41, 5.74) is 0. The van der Waals surface area contributed by atoms with Crippen LogP contribution in [-0.4, -0.2) is 29.6 Å². The predicted octanol–water partition coefficient (Wildman–Crippen LogP) is 4.25. The van der Waals surface area contributed by atoms with Crippen LogP contribution in [0.1, 0.15) is 59.3 Å².